The second-order valence-electron chi connectivity index (χ2n) is 7.61. The van der Waals surface area contributed by atoms with Crippen molar-refractivity contribution < 1.29 is 4.74 Å². The molecule has 0 saturated heterocycles. The topological polar surface area (TPSA) is 12.5 Å². The third-order valence-corrected chi connectivity index (χ3v) is 5.50. The third kappa shape index (κ3) is 4.44. The second-order valence-corrected chi connectivity index (χ2v) is 7.61. The van der Waals surface area contributed by atoms with Crippen molar-refractivity contribution in [3.63, 3.8) is 0 Å². The molecule has 0 fully saturated rings. The van der Waals surface area contributed by atoms with Crippen LogP contribution in [0.25, 0.3) is 0 Å². The average molecular weight is 362 g/mol. The van der Waals surface area contributed by atoms with Gasteiger partial charge in [-0.3, -0.25) is 0 Å². The van der Waals surface area contributed by atoms with Crippen molar-refractivity contribution in [1.82, 2.24) is 0 Å². The van der Waals surface area contributed by atoms with Crippen molar-refractivity contribution in [2.24, 2.45) is 5.92 Å². The summed E-state index contributed by atoms with van der Waals surface area (Å²) in [6.45, 7) is 8.98. The van der Waals surface area contributed by atoms with Gasteiger partial charge in [0.15, 0.2) is 0 Å². The van der Waals surface area contributed by atoms with E-state index in [0.717, 1.165) is 25.0 Å². The Bertz CT molecular complexity index is 834. The van der Waals surface area contributed by atoms with Gasteiger partial charge < -0.3 is 9.64 Å². The molecule has 0 aliphatic heterocycles. The fraction of sp³-hybridized carbons (Fsp3) is 0.360. The fourth-order valence-electron chi connectivity index (χ4n) is 3.62. The largest absolute Gasteiger partial charge is 0.497 e. The lowest BCUT2D eigenvalue weighted by Gasteiger charge is -2.32. The zero-order valence-electron chi connectivity index (χ0n) is 17.3. The van der Waals surface area contributed by atoms with Crippen molar-refractivity contribution in [1.29, 1.82) is 0 Å². The molecule has 1 unspecified atom stereocenters. The van der Waals surface area contributed by atoms with Crippen LogP contribution in [0.3, 0.4) is 0 Å². The fourth-order valence-corrected chi connectivity index (χ4v) is 3.62. The standard InChI is InChI=1S/C25H31NO/c1-6-21-8-10-23(16-18(2)15-21)26(22-11-13-25(27-5)14-12-22)24-9-7-19(3)20(4)17-24/h8-15,17,19H,6-7,16H2,1-5H3. The smallest absolute Gasteiger partial charge is 0.119 e. The van der Waals surface area contributed by atoms with Gasteiger partial charge in [-0.2, -0.15) is 0 Å². The molecule has 0 N–H and O–H groups in total. The van der Waals surface area contributed by atoms with E-state index in [4.69, 9.17) is 4.74 Å². The van der Waals surface area contributed by atoms with E-state index >= 15 is 0 Å². The number of ether oxygens (including phenoxy) is 1. The summed E-state index contributed by atoms with van der Waals surface area (Å²) in [7, 11) is 1.71. The lowest BCUT2D eigenvalue weighted by atomic mass is 9.92. The highest BCUT2D eigenvalue weighted by molar-refractivity contribution is 5.63. The van der Waals surface area contributed by atoms with Crippen LogP contribution in [-0.2, 0) is 0 Å². The third-order valence-electron chi connectivity index (χ3n) is 5.50. The lowest BCUT2D eigenvalue weighted by Crippen LogP contribution is -2.23. The summed E-state index contributed by atoms with van der Waals surface area (Å²) in [5, 5.41) is 0. The number of rotatable bonds is 5. The number of methoxy groups -OCH3 is 1. The Kier molecular flexibility index (Phi) is 6.05. The number of hydrogen-bond acceptors (Lipinski definition) is 2. The monoisotopic (exact) mass is 361 g/mol. The minimum absolute atomic E-state index is 0.614. The quantitative estimate of drug-likeness (QED) is 0.563. The van der Waals surface area contributed by atoms with Crippen LogP contribution < -0.4 is 9.64 Å². The van der Waals surface area contributed by atoms with Gasteiger partial charge in [0.2, 0.25) is 0 Å². The van der Waals surface area contributed by atoms with E-state index in [2.05, 4.69) is 75.1 Å². The van der Waals surface area contributed by atoms with E-state index < -0.39 is 0 Å². The molecular weight excluding hydrogens is 330 g/mol. The van der Waals surface area contributed by atoms with Crippen LogP contribution in [0.1, 0.15) is 47.0 Å². The van der Waals surface area contributed by atoms with Crippen molar-refractivity contribution in [3.05, 3.63) is 82.8 Å². The van der Waals surface area contributed by atoms with Gasteiger partial charge in [0.1, 0.15) is 5.75 Å². The number of benzene rings is 1. The Morgan fingerprint density at radius 2 is 1.81 bits per heavy atom. The molecule has 2 heteroatoms. The summed E-state index contributed by atoms with van der Waals surface area (Å²) in [5.41, 5.74) is 7.97. The normalized spacial score (nSPS) is 19.9. The molecule has 2 nitrogen and oxygen atoms in total. The van der Waals surface area contributed by atoms with Crippen LogP contribution in [0.15, 0.2) is 82.8 Å². The summed E-state index contributed by atoms with van der Waals surface area (Å²) in [6, 6.07) is 8.38. The minimum atomic E-state index is 0.614. The molecule has 1 aromatic carbocycles. The zero-order chi connectivity index (χ0) is 19.4. The molecule has 2 aliphatic carbocycles. The predicted molar refractivity (Wildman–Crippen MR) is 116 cm³/mol. The van der Waals surface area contributed by atoms with Crippen LogP contribution in [0.4, 0.5) is 5.69 Å². The first-order chi connectivity index (χ1) is 13.0. The lowest BCUT2D eigenvalue weighted by molar-refractivity contribution is 0.415. The van der Waals surface area contributed by atoms with Crippen LogP contribution in [0, 0.1) is 5.92 Å². The van der Waals surface area contributed by atoms with Crippen LogP contribution in [-0.4, -0.2) is 7.11 Å². The van der Waals surface area contributed by atoms with Crippen LogP contribution in [0.5, 0.6) is 5.75 Å². The molecule has 0 amide bonds. The van der Waals surface area contributed by atoms with Gasteiger partial charge in [0.25, 0.3) is 0 Å². The van der Waals surface area contributed by atoms with Gasteiger partial charge in [-0.25, -0.2) is 0 Å². The molecule has 1 aromatic rings. The predicted octanol–water partition coefficient (Wildman–Crippen LogP) is 6.94. The number of nitrogens with zero attached hydrogens (tertiary/aromatic N) is 1. The first-order valence-electron chi connectivity index (χ1n) is 9.91. The maximum absolute atomic E-state index is 5.36. The SMILES string of the molecule is CCC1=CC=C(N(C2=CCC(C)C(C)=C2)c2ccc(OC)cc2)CC(C)=C1. The van der Waals surface area contributed by atoms with Gasteiger partial charge in [0, 0.05) is 23.5 Å². The van der Waals surface area contributed by atoms with Crippen molar-refractivity contribution in [2.75, 3.05) is 12.0 Å². The highest BCUT2D eigenvalue weighted by atomic mass is 16.5. The summed E-state index contributed by atoms with van der Waals surface area (Å²) < 4.78 is 5.36. The molecule has 0 radical (unpaired) electrons. The Morgan fingerprint density at radius 3 is 2.44 bits per heavy atom. The molecule has 2 aliphatic rings. The molecule has 0 heterocycles. The molecule has 3 rings (SSSR count). The molecule has 0 bridgehead atoms. The van der Waals surface area contributed by atoms with Crippen LogP contribution >= 0.6 is 0 Å². The molecule has 0 spiro atoms. The Labute approximate surface area is 164 Å². The van der Waals surface area contributed by atoms with E-state index in [-0.39, 0.29) is 0 Å². The van der Waals surface area contributed by atoms with Crippen molar-refractivity contribution in [3.8, 4) is 5.75 Å². The number of hydrogen-bond donors (Lipinski definition) is 0. The van der Waals surface area contributed by atoms with E-state index in [0.29, 0.717) is 5.92 Å². The van der Waals surface area contributed by atoms with Crippen LogP contribution in [0.2, 0.25) is 0 Å². The molecule has 142 valence electrons. The van der Waals surface area contributed by atoms with E-state index in [1.165, 1.54) is 33.8 Å². The first-order valence-corrected chi connectivity index (χ1v) is 9.91. The summed E-state index contributed by atoms with van der Waals surface area (Å²) >= 11 is 0. The first kappa shape index (κ1) is 19.3. The average Bonchev–Trinajstić information content (AvgIpc) is 2.86. The van der Waals surface area contributed by atoms with Crippen molar-refractivity contribution in [2.45, 2.75) is 47.0 Å². The highest BCUT2D eigenvalue weighted by Crippen LogP contribution is 2.35. The van der Waals surface area contributed by atoms with Gasteiger partial charge >= 0.3 is 0 Å². The number of anilines is 1. The van der Waals surface area contributed by atoms with E-state index in [1.807, 2.05) is 12.1 Å². The summed E-state index contributed by atoms with van der Waals surface area (Å²) in [6.07, 6.45) is 14.7. The van der Waals surface area contributed by atoms with Crippen molar-refractivity contribution >= 4 is 5.69 Å². The summed E-state index contributed by atoms with van der Waals surface area (Å²) in [4.78, 5) is 2.40. The molecule has 0 aromatic heterocycles. The van der Waals surface area contributed by atoms with Gasteiger partial charge in [-0.1, -0.05) is 43.2 Å². The van der Waals surface area contributed by atoms with Gasteiger partial charge in [0.05, 0.1) is 7.11 Å². The number of allylic oxidation sites excluding steroid dienone is 8. The molecule has 27 heavy (non-hydrogen) atoms. The van der Waals surface area contributed by atoms with Gasteiger partial charge in [-0.05, 0) is 74.6 Å². The maximum Gasteiger partial charge on any atom is 0.119 e. The Hall–Kier alpha value is -2.48. The van der Waals surface area contributed by atoms with Gasteiger partial charge in [-0.15, -0.1) is 0 Å². The minimum Gasteiger partial charge on any atom is -0.497 e. The molecule has 1 atom stereocenters. The Morgan fingerprint density at radius 1 is 1.07 bits per heavy atom. The second kappa shape index (κ2) is 8.47. The molecular formula is C25H31NO. The molecule has 0 saturated carbocycles. The summed E-state index contributed by atoms with van der Waals surface area (Å²) in [5.74, 6) is 1.50. The highest BCUT2D eigenvalue weighted by Gasteiger charge is 2.20. The zero-order valence-corrected chi connectivity index (χ0v) is 17.3. The van der Waals surface area contributed by atoms with E-state index in [9.17, 15) is 0 Å². The van der Waals surface area contributed by atoms with E-state index in [1.54, 1.807) is 7.11 Å². The maximum atomic E-state index is 5.36. The Balaban J connectivity index is 2.06.